The molecule has 0 spiro atoms. The van der Waals surface area contributed by atoms with Crippen molar-refractivity contribution >= 4 is 11.4 Å². The minimum atomic E-state index is 0.595. The molecule has 3 aromatic rings. The Labute approximate surface area is 176 Å². The maximum atomic E-state index is 5.88. The molecule has 0 bridgehead atoms. The van der Waals surface area contributed by atoms with E-state index in [1.807, 2.05) is 31.6 Å². The van der Waals surface area contributed by atoms with Crippen LogP contribution in [0.4, 0.5) is 11.4 Å². The van der Waals surface area contributed by atoms with Gasteiger partial charge in [-0.15, -0.1) is 5.10 Å². The lowest BCUT2D eigenvalue weighted by Crippen LogP contribution is -2.46. The molecule has 3 aromatic heterocycles. The maximum absolute atomic E-state index is 5.88. The van der Waals surface area contributed by atoms with Gasteiger partial charge in [0.1, 0.15) is 5.69 Å². The second-order valence-corrected chi connectivity index (χ2v) is 7.53. The van der Waals surface area contributed by atoms with Gasteiger partial charge in [0.2, 0.25) is 0 Å². The molecule has 0 aliphatic carbocycles. The van der Waals surface area contributed by atoms with Crippen LogP contribution in [0.3, 0.4) is 0 Å². The molecule has 4 heterocycles. The van der Waals surface area contributed by atoms with Gasteiger partial charge in [0.25, 0.3) is 0 Å². The summed E-state index contributed by atoms with van der Waals surface area (Å²) < 4.78 is 6.86. The summed E-state index contributed by atoms with van der Waals surface area (Å²) in [6.45, 7) is 7.89. The van der Waals surface area contributed by atoms with Gasteiger partial charge in [-0.1, -0.05) is 5.21 Å². The topological polar surface area (TPSA) is 98.2 Å². The quantitative estimate of drug-likeness (QED) is 0.591. The predicted molar refractivity (Wildman–Crippen MR) is 117 cm³/mol. The number of ether oxygens (including phenoxy) is 1. The van der Waals surface area contributed by atoms with Gasteiger partial charge in [-0.25, -0.2) is 4.68 Å². The third-order valence-corrected chi connectivity index (χ3v) is 5.40. The van der Waals surface area contributed by atoms with Crippen LogP contribution < -0.4 is 10.6 Å². The van der Waals surface area contributed by atoms with Gasteiger partial charge in [-0.05, 0) is 25.5 Å². The molecule has 0 unspecified atom stereocenters. The Bertz CT molecular complexity index is 981. The first-order chi connectivity index (χ1) is 14.6. The lowest BCUT2D eigenvalue weighted by molar-refractivity contribution is 0.169. The molecule has 0 amide bonds. The molecule has 9 heteroatoms. The number of nitrogens with two attached hydrogens (primary N) is 1. The minimum Gasteiger partial charge on any atom is -0.397 e. The van der Waals surface area contributed by atoms with E-state index in [-0.39, 0.29) is 0 Å². The highest BCUT2D eigenvalue weighted by Gasteiger charge is 2.18. The molecule has 1 aliphatic rings. The fourth-order valence-electron chi connectivity index (χ4n) is 3.69. The van der Waals surface area contributed by atoms with E-state index in [0.29, 0.717) is 5.69 Å². The number of rotatable bonds is 7. The smallest absolute Gasteiger partial charge is 0.115 e. The summed E-state index contributed by atoms with van der Waals surface area (Å²) in [5.41, 5.74) is 11.0. The van der Waals surface area contributed by atoms with Crippen molar-refractivity contribution < 1.29 is 4.74 Å². The van der Waals surface area contributed by atoms with Crippen LogP contribution in [0.5, 0.6) is 0 Å². The van der Waals surface area contributed by atoms with E-state index in [4.69, 9.17) is 10.5 Å². The van der Waals surface area contributed by atoms with Crippen molar-refractivity contribution in [3.05, 3.63) is 42.6 Å². The predicted octanol–water partition coefficient (Wildman–Crippen LogP) is 1.77. The average Bonchev–Trinajstić information content (AvgIpc) is 3.26. The normalized spacial score (nSPS) is 14.9. The molecule has 30 heavy (non-hydrogen) atoms. The SMILES string of the molecule is COCCCN1CCN(c2cncc(-c3cn(-c4cc(N)cnc4C)nn3)c2)CC1. The summed E-state index contributed by atoms with van der Waals surface area (Å²) in [6, 6.07) is 3.98. The average molecular weight is 409 g/mol. The number of nitrogen functional groups attached to an aromatic ring is 1. The molecule has 0 saturated carbocycles. The van der Waals surface area contributed by atoms with Crippen LogP contribution in [0.15, 0.2) is 36.9 Å². The van der Waals surface area contributed by atoms with Crippen LogP contribution in [0.2, 0.25) is 0 Å². The minimum absolute atomic E-state index is 0.595. The largest absolute Gasteiger partial charge is 0.397 e. The van der Waals surface area contributed by atoms with E-state index < -0.39 is 0 Å². The third-order valence-electron chi connectivity index (χ3n) is 5.40. The van der Waals surface area contributed by atoms with Gasteiger partial charge in [0, 0.05) is 58.2 Å². The van der Waals surface area contributed by atoms with E-state index in [1.165, 1.54) is 0 Å². The van der Waals surface area contributed by atoms with Crippen molar-refractivity contribution in [1.29, 1.82) is 0 Å². The number of aryl methyl sites for hydroxylation is 1. The molecular formula is C21H28N8O. The van der Waals surface area contributed by atoms with Crippen LogP contribution in [0, 0.1) is 6.92 Å². The third kappa shape index (κ3) is 4.58. The molecule has 1 fully saturated rings. The van der Waals surface area contributed by atoms with E-state index in [1.54, 1.807) is 18.0 Å². The molecule has 0 aromatic carbocycles. The number of aromatic nitrogens is 5. The second kappa shape index (κ2) is 9.19. The highest BCUT2D eigenvalue weighted by atomic mass is 16.5. The van der Waals surface area contributed by atoms with Crippen molar-refractivity contribution in [1.82, 2.24) is 29.9 Å². The fraction of sp³-hybridized carbons (Fsp3) is 0.429. The highest BCUT2D eigenvalue weighted by Crippen LogP contribution is 2.24. The zero-order chi connectivity index (χ0) is 20.9. The monoisotopic (exact) mass is 408 g/mol. The summed E-state index contributed by atoms with van der Waals surface area (Å²) in [5, 5.41) is 8.60. The van der Waals surface area contributed by atoms with Crippen molar-refractivity contribution in [2.75, 3.05) is 57.1 Å². The molecule has 1 saturated heterocycles. The van der Waals surface area contributed by atoms with E-state index >= 15 is 0 Å². The van der Waals surface area contributed by atoms with Crippen LogP contribution >= 0.6 is 0 Å². The summed E-state index contributed by atoms with van der Waals surface area (Å²) in [5.74, 6) is 0. The van der Waals surface area contributed by atoms with Gasteiger partial charge in [-0.2, -0.15) is 0 Å². The Morgan fingerprint density at radius 2 is 1.93 bits per heavy atom. The van der Waals surface area contributed by atoms with Crippen molar-refractivity contribution in [2.45, 2.75) is 13.3 Å². The van der Waals surface area contributed by atoms with Gasteiger partial charge < -0.3 is 15.4 Å². The zero-order valence-electron chi connectivity index (χ0n) is 17.5. The highest BCUT2D eigenvalue weighted by molar-refractivity contribution is 5.64. The Morgan fingerprint density at radius 1 is 1.10 bits per heavy atom. The van der Waals surface area contributed by atoms with Crippen molar-refractivity contribution in [3.8, 4) is 16.9 Å². The Hall–Kier alpha value is -3.04. The Morgan fingerprint density at radius 3 is 2.73 bits per heavy atom. The Balaban J connectivity index is 1.46. The Kier molecular flexibility index (Phi) is 6.20. The molecule has 4 rings (SSSR count). The first kappa shape index (κ1) is 20.2. The summed E-state index contributed by atoms with van der Waals surface area (Å²) in [6.07, 6.45) is 8.34. The molecule has 0 atom stereocenters. The van der Waals surface area contributed by atoms with Gasteiger partial charge in [-0.3, -0.25) is 14.9 Å². The number of nitrogens with zero attached hydrogens (tertiary/aromatic N) is 7. The summed E-state index contributed by atoms with van der Waals surface area (Å²) >= 11 is 0. The molecule has 158 valence electrons. The summed E-state index contributed by atoms with van der Waals surface area (Å²) in [4.78, 5) is 13.6. The van der Waals surface area contributed by atoms with Gasteiger partial charge >= 0.3 is 0 Å². The number of hydrogen-bond donors (Lipinski definition) is 1. The number of pyridine rings is 2. The van der Waals surface area contributed by atoms with E-state index in [9.17, 15) is 0 Å². The van der Waals surface area contributed by atoms with Crippen LogP contribution in [-0.4, -0.2) is 76.3 Å². The zero-order valence-corrected chi connectivity index (χ0v) is 17.5. The standard InChI is InChI=1S/C21H28N8O/c1-16-21(11-18(22)13-24-16)29-15-20(25-26-29)17-10-19(14-23-12-17)28-7-5-27(6-8-28)4-3-9-30-2/h10-15H,3-9,22H2,1-2H3. The maximum Gasteiger partial charge on any atom is 0.115 e. The summed E-state index contributed by atoms with van der Waals surface area (Å²) in [7, 11) is 1.75. The van der Waals surface area contributed by atoms with E-state index in [0.717, 1.165) is 74.1 Å². The fourth-order valence-corrected chi connectivity index (χ4v) is 3.69. The lowest BCUT2D eigenvalue weighted by atomic mass is 10.2. The van der Waals surface area contributed by atoms with Crippen LogP contribution in [-0.2, 0) is 4.74 Å². The van der Waals surface area contributed by atoms with Gasteiger partial charge in [0.15, 0.2) is 0 Å². The first-order valence-corrected chi connectivity index (χ1v) is 10.2. The van der Waals surface area contributed by atoms with Crippen molar-refractivity contribution in [3.63, 3.8) is 0 Å². The number of anilines is 2. The molecule has 0 radical (unpaired) electrons. The molecular weight excluding hydrogens is 380 g/mol. The number of piperazine rings is 1. The molecule has 1 aliphatic heterocycles. The first-order valence-electron chi connectivity index (χ1n) is 10.2. The number of methoxy groups -OCH3 is 1. The van der Waals surface area contributed by atoms with Crippen LogP contribution in [0.25, 0.3) is 16.9 Å². The van der Waals surface area contributed by atoms with Crippen molar-refractivity contribution in [2.24, 2.45) is 0 Å². The van der Waals surface area contributed by atoms with E-state index in [2.05, 4.69) is 36.1 Å². The second-order valence-electron chi connectivity index (χ2n) is 7.53. The lowest BCUT2D eigenvalue weighted by Gasteiger charge is -2.36. The van der Waals surface area contributed by atoms with Crippen LogP contribution in [0.1, 0.15) is 12.1 Å². The number of hydrogen-bond acceptors (Lipinski definition) is 8. The molecule has 9 nitrogen and oxygen atoms in total. The van der Waals surface area contributed by atoms with Gasteiger partial charge in [0.05, 0.1) is 41.3 Å². The molecule has 2 N–H and O–H groups in total.